The minimum atomic E-state index is 0.320. The molecule has 0 aliphatic heterocycles. The van der Waals surface area contributed by atoms with Crippen molar-refractivity contribution in [3.8, 4) is 5.88 Å². The number of rotatable bonds is 4. The van der Waals surface area contributed by atoms with Gasteiger partial charge in [-0.3, -0.25) is 4.68 Å². The van der Waals surface area contributed by atoms with Crippen LogP contribution in [0.15, 0.2) is 18.5 Å². The molecule has 3 rings (SSSR count). The van der Waals surface area contributed by atoms with E-state index in [9.17, 15) is 0 Å². The van der Waals surface area contributed by atoms with Gasteiger partial charge in [0.05, 0.1) is 12.8 Å². The van der Waals surface area contributed by atoms with Crippen LogP contribution in [-0.4, -0.2) is 32.9 Å². The molecule has 0 amide bonds. The van der Waals surface area contributed by atoms with Gasteiger partial charge in [0.25, 0.3) is 0 Å². The Morgan fingerprint density at radius 2 is 2.29 bits per heavy atom. The number of fused-ring (bicyclic) bond motifs is 1. The third-order valence-corrected chi connectivity index (χ3v) is 3.80. The van der Waals surface area contributed by atoms with Crippen LogP contribution in [0.3, 0.4) is 0 Å². The molecule has 1 unspecified atom stereocenters. The molecule has 0 aromatic carbocycles. The van der Waals surface area contributed by atoms with Crippen molar-refractivity contribution in [2.45, 2.75) is 45.2 Å². The van der Waals surface area contributed by atoms with Gasteiger partial charge in [-0.15, -0.1) is 0 Å². The van der Waals surface area contributed by atoms with Crippen molar-refractivity contribution in [2.24, 2.45) is 0 Å². The van der Waals surface area contributed by atoms with E-state index >= 15 is 0 Å². The molecular formula is C15H21N5O. The van der Waals surface area contributed by atoms with Gasteiger partial charge >= 0.3 is 0 Å². The molecule has 21 heavy (non-hydrogen) atoms. The highest BCUT2D eigenvalue weighted by Gasteiger charge is 2.22. The standard InChI is InChI=1S/C15H21N5O/c1-10(2)20-9-11-4-5-12(8-13(11)19-20)17-15-16-7-6-14(18-15)21-3/h6-7,9-10,12H,4-5,8H2,1-3H3,(H,16,17,18). The highest BCUT2D eigenvalue weighted by atomic mass is 16.5. The summed E-state index contributed by atoms with van der Waals surface area (Å²) in [5, 5.41) is 8.07. The predicted molar refractivity (Wildman–Crippen MR) is 80.6 cm³/mol. The number of ether oxygens (including phenoxy) is 1. The van der Waals surface area contributed by atoms with Gasteiger partial charge in [0.15, 0.2) is 0 Å². The second-order valence-corrected chi connectivity index (χ2v) is 5.68. The SMILES string of the molecule is COc1ccnc(NC2CCc3cn(C(C)C)nc3C2)n1. The lowest BCUT2D eigenvalue weighted by molar-refractivity contribution is 0.397. The maximum absolute atomic E-state index is 5.12. The second-order valence-electron chi connectivity index (χ2n) is 5.68. The van der Waals surface area contributed by atoms with Crippen LogP contribution < -0.4 is 10.1 Å². The van der Waals surface area contributed by atoms with E-state index in [0.29, 0.717) is 23.9 Å². The smallest absolute Gasteiger partial charge is 0.226 e. The number of nitrogens with one attached hydrogen (secondary N) is 1. The molecule has 0 bridgehead atoms. The Morgan fingerprint density at radius 3 is 3.05 bits per heavy atom. The molecular weight excluding hydrogens is 266 g/mol. The lowest BCUT2D eigenvalue weighted by Crippen LogP contribution is -2.28. The molecule has 0 saturated heterocycles. The number of hydrogen-bond donors (Lipinski definition) is 1. The van der Waals surface area contributed by atoms with Gasteiger partial charge in [-0.2, -0.15) is 10.1 Å². The molecule has 1 aliphatic rings. The van der Waals surface area contributed by atoms with E-state index in [-0.39, 0.29) is 0 Å². The molecule has 0 radical (unpaired) electrons. The molecule has 1 atom stereocenters. The number of nitrogens with zero attached hydrogens (tertiary/aromatic N) is 4. The average Bonchev–Trinajstić information content (AvgIpc) is 2.91. The molecule has 0 spiro atoms. The Balaban J connectivity index is 1.71. The summed E-state index contributed by atoms with van der Waals surface area (Å²) in [6.07, 6.45) is 6.91. The fourth-order valence-electron chi connectivity index (χ4n) is 2.61. The Bertz CT molecular complexity index is 622. The third-order valence-electron chi connectivity index (χ3n) is 3.80. The maximum Gasteiger partial charge on any atom is 0.226 e. The quantitative estimate of drug-likeness (QED) is 0.934. The molecule has 1 aliphatic carbocycles. The first kappa shape index (κ1) is 13.9. The zero-order valence-corrected chi connectivity index (χ0v) is 12.7. The van der Waals surface area contributed by atoms with E-state index in [2.05, 4.69) is 45.1 Å². The summed E-state index contributed by atoms with van der Waals surface area (Å²) >= 11 is 0. The summed E-state index contributed by atoms with van der Waals surface area (Å²) in [7, 11) is 1.61. The van der Waals surface area contributed by atoms with Gasteiger partial charge < -0.3 is 10.1 Å². The van der Waals surface area contributed by atoms with Crippen LogP contribution >= 0.6 is 0 Å². The van der Waals surface area contributed by atoms with Crippen LogP contribution in [0.2, 0.25) is 0 Å². The second kappa shape index (κ2) is 5.71. The first-order valence-electron chi connectivity index (χ1n) is 7.36. The zero-order valence-electron chi connectivity index (χ0n) is 12.7. The Kier molecular flexibility index (Phi) is 3.77. The van der Waals surface area contributed by atoms with Gasteiger partial charge in [-0.05, 0) is 32.3 Å². The van der Waals surface area contributed by atoms with E-state index in [1.54, 1.807) is 19.4 Å². The highest BCUT2D eigenvalue weighted by Crippen LogP contribution is 2.23. The number of aromatic nitrogens is 4. The van der Waals surface area contributed by atoms with Crippen molar-refractivity contribution in [1.29, 1.82) is 0 Å². The van der Waals surface area contributed by atoms with Crippen molar-refractivity contribution < 1.29 is 4.74 Å². The number of anilines is 1. The highest BCUT2D eigenvalue weighted by molar-refractivity contribution is 5.32. The minimum Gasteiger partial charge on any atom is -0.481 e. The first-order valence-corrected chi connectivity index (χ1v) is 7.36. The van der Waals surface area contributed by atoms with E-state index in [1.165, 1.54) is 11.3 Å². The summed E-state index contributed by atoms with van der Waals surface area (Å²) in [5.41, 5.74) is 2.56. The normalized spacial score (nSPS) is 17.6. The summed E-state index contributed by atoms with van der Waals surface area (Å²) in [5.74, 6) is 1.19. The predicted octanol–water partition coefficient (Wildman–Crippen LogP) is 2.23. The topological polar surface area (TPSA) is 64.9 Å². The molecule has 0 saturated carbocycles. The lowest BCUT2D eigenvalue weighted by Gasteiger charge is -2.22. The molecule has 0 fully saturated rings. The number of aryl methyl sites for hydroxylation is 1. The van der Waals surface area contributed by atoms with Crippen molar-refractivity contribution in [3.63, 3.8) is 0 Å². The summed E-state index contributed by atoms with van der Waals surface area (Å²) in [6, 6.07) is 2.47. The van der Waals surface area contributed by atoms with Crippen molar-refractivity contribution in [2.75, 3.05) is 12.4 Å². The van der Waals surface area contributed by atoms with Crippen LogP contribution in [-0.2, 0) is 12.8 Å². The molecule has 1 N–H and O–H groups in total. The van der Waals surface area contributed by atoms with Gasteiger partial charge in [-0.1, -0.05) is 0 Å². The third kappa shape index (κ3) is 2.99. The Labute approximate surface area is 124 Å². The van der Waals surface area contributed by atoms with Crippen molar-refractivity contribution >= 4 is 5.95 Å². The number of hydrogen-bond acceptors (Lipinski definition) is 5. The summed E-state index contributed by atoms with van der Waals surface area (Å²) in [4.78, 5) is 8.55. The molecule has 2 aromatic rings. The van der Waals surface area contributed by atoms with E-state index in [1.807, 2.05) is 0 Å². The van der Waals surface area contributed by atoms with Crippen LogP contribution in [0.25, 0.3) is 0 Å². The monoisotopic (exact) mass is 287 g/mol. The molecule has 6 heteroatoms. The molecule has 112 valence electrons. The summed E-state index contributed by atoms with van der Waals surface area (Å²) < 4.78 is 7.17. The van der Waals surface area contributed by atoms with E-state index in [0.717, 1.165) is 19.3 Å². The lowest BCUT2D eigenvalue weighted by atomic mass is 9.94. The van der Waals surface area contributed by atoms with E-state index < -0.39 is 0 Å². The Morgan fingerprint density at radius 1 is 1.43 bits per heavy atom. The summed E-state index contributed by atoms with van der Waals surface area (Å²) in [6.45, 7) is 4.30. The van der Waals surface area contributed by atoms with Crippen molar-refractivity contribution in [3.05, 3.63) is 29.7 Å². The Hall–Kier alpha value is -2.11. The van der Waals surface area contributed by atoms with Crippen molar-refractivity contribution in [1.82, 2.24) is 19.7 Å². The largest absolute Gasteiger partial charge is 0.481 e. The molecule has 2 heterocycles. The first-order chi connectivity index (χ1) is 10.2. The maximum atomic E-state index is 5.12. The van der Waals surface area contributed by atoms with Gasteiger partial charge in [0.2, 0.25) is 11.8 Å². The van der Waals surface area contributed by atoms with Crippen LogP contribution in [0.4, 0.5) is 5.95 Å². The van der Waals surface area contributed by atoms with Crippen LogP contribution in [0.1, 0.15) is 37.6 Å². The van der Waals surface area contributed by atoms with Gasteiger partial charge in [-0.25, -0.2) is 4.98 Å². The zero-order chi connectivity index (χ0) is 14.8. The van der Waals surface area contributed by atoms with Gasteiger partial charge in [0.1, 0.15) is 0 Å². The molecule has 2 aromatic heterocycles. The minimum absolute atomic E-state index is 0.320. The van der Waals surface area contributed by atoms with Gasteiger partial charge in [0, 0.05) is 37.0 Å². The molecule has 6 nitrogen and oxygen atoms in total. The average molecular weight is 287 g/mol. The number of methoxy groups -OCH3 is 1. The fourth-order valence-corrected chi connectivity index (χ4v) is 2.61. The fraction of sp³-hybridized carbons (Fsp3) is 0.533. The van der Waals surface area contributed by atoms with Crippen LogP contribution in [0, 0.1) is 0 Å². The van der Waals surface area contributed by atoms with E-state index in [4.69, 9.17) is 4.74 Å². The van der Waals surface area contributed by atoms with Crippen LogP contribution in [0.5, 0.6) is 5.88 Å².